The van der Waals surface area contributed by atoms with Gasteiger partial charge in [-0.1, -0.05) is 26.0 Å². The van der Waals surface area contributed by atoms with Gasteiger partial charge in [-0.25, -0.2) is 4.79 Å². The number of aromatic carboxylic acids is 1. The molecule has 0 radical (unpaired) electrons. The van der Waals surface area contributed by atoms with Crippen molar-refractivity contribution in [3.63, 3.8) is 0 Å². The SMILES string of the molecule is COc1cc(C)c(-c2cccc(C(=O)O)c2)cc1C(C)C. The van der Waals surface area contributed by atoms with Crippen molar-refractivity contribution in [1.82, 2.24) is 0 Å². The van der Waals surface area contributed by atoms with Gasteiger partial charge in [-0.15, -0.1) is 0 Å². The third kappa shape index (κ3) is 3.07. The van der Waals surface area contributed by atoms with Gasteiger partial charge in [0.05, 0.1) is 12.7 Å². The van der Waals surface area contributed by atoms with Gasteiger partial charge in [-0.3, -0.25) is 0 Å². The van der Waals surface area contributed by atoms with E-state index in [0.29, 0.717) is 11.5 Å². The second-order valence-corrected chi connectivity index (χ2v) is 5.45. The fourth-order valence-corrected chi connectivity index (χ4v) is 2.46. The van der Waals surface area contributed by atoms with Gasteiger partial charge >= 0.3 is 5.97 Å². The number of hydrogen-bond acceptors (Lipinski definition) is 2. The Morgan fingerprint density at radius 3 is 2.48 bits per heavy atom. The van der Waals surface area contributed by atoms with E-state index in [9.17, 15) is 4.79 Å². The standard InChI is InChI=1S/C18H20O3/c1-11(2)15-10-16(12(3)8-17(15)21-4)13-6-5-7-14(9-13)18(19)20/h5-11H,1-4H3,(H,19,20). The van der Waals surface area contributed by atoms with Gasteiger partial charge in [-0.05, 0) is 59.4 Å². The molecule has 0 atom stereocenters. The van der Waals surface area contributed by atoms with Crippen molar-refractivity contribution in [2.24, 2.45) is 0 Å². The first-order valence-corrected chi connectivity index (χ1v) is 6.96. The lowest BCUT2D eigenvalue weighted by Crippen LogP contribution is -1.99. The van der Waals surface area contributed by atoms with Gasteiger partial charge in [0.25, 0.3) is 0 Å². The van der Waals surface area contributed by atoms with E-state index in [1.807, 2.05) is 19.1 Å². The molecule has 21 heavy (non-hydrogen) atoms. The van der Waals surface area contributed by atoms with Crippen LogP contribution in [0, 0.1) is 6.92 Å². The van der Waals surface area contributed by atoms with Crippen molar-refractivity contribution in [3.05, 3.63) is 53.1 Å². The van der Waals surface area contributed by atoms with Crippen LogP contribution in [0.1, 0.15) is 41.3 Å². The number of benzene rings is 2. The van der Waals surface area contributed by atoms with Crippen LogP contribution in [0.3, 0.4) is 0 Å². The molecular weight excluding hydrogens is 264 g/mol. The molecule has 0 aliphatic rings. The van der Waals surface area contributed by atoms with Crippen LogP contribution in [0.4, 0.5) is 0 Å². The highest BCUT2D eigenvalue weighted by molar-refractivity contribution is 5.89. The van der Waals surface area contributed by atoms with Crippen molar-refractivity contribution < 1.29 is 14.6 Å². The van der Waals surface area contributed by atoms with E-state index in [2.05, 4.69) is 19.9 Å². The molecule has 2 aromatic rings. The summed E-state index contributed by atoms with van der Waals surface area (Å²) in [6, 6.07) is 11.1. The molecule has 0 aromatic heterocycles. The second-order valence-electron chi connectivity index (χ2n) is 5.45. The molecule has 0 amide bonds. The average Bonchev–Trinajstić information content (AvgIpc) is 2.46. The number of aryl methyl sites for hydroxylation is 1. The van der Waals surface area contributed by atoms with E-state index < -0.39 is 5.97 Å². The average molecular weight is 284 g/mol. The molecule has 0 heterocycles. The largest absolute Gasteiger partial charge is 0.496 e. The van der Waals surface area contributed by atoms with Crippen LogP contribution in [0.25, 0.3) is 11.1 Å². The van der Waals surface area contributed by atoms with E-state index in [1.54, 1.807) is 25.3 Å². The number of methoxy groups -OCH3 is 1. The molecule has 3 nitrogen and oxygen atoms in total. The normalized spacial score (nSPS) is 10.7. The molecule has 0 saturated heterocycles. The zero-order valence-electron chi connectivity index (χ0n) is 12.8. The summed E-state index contributed by atoms with van der Waals surface area (Å²) in [6.45, 7) is 6.24. The third-order valence-electron chi connectivity index (χ3n) is 3.62. The first-order chi connectivity index (χ1) is 9.93. The van der Waals surface area contributed by atoms with E-state index in [1.165, 1.54) is 0 Å². The minimum absolute atomic E-state index is 0.300. The lowest BCUT2D eigenvalue weighted by molar-refractivity contribution is 0.0697. The number of carbonyl (C=O) groups is 1. The maximum atomic E-state index is 11.1. The predicted octanol–water partition coefficient (Wildman–Crippen LogP) is 4.49. The van der Waals surface area contributed by atoms with Crippen molar-refractivity contribution in [2.45, 2.75) is 26.7 Å². The van der Waals surface area contributed by atoms with Crippen molar-refractivity contribution in [1.29, 1.82) is 0 Å². The monoisotopic (exact) mass is 284 g/mol. The first-order valence-electron chi connectivity index (χ1n) is 6.96. The molecule has 2 rings (SSSR count). The summed E-state index contributed by atoms with van der Waals surface area (Å²) < 4.78 is 5.45. The molecule has 0 saturated carbocycles. The second kappa shape index (κ2) is 6.00. The Bertz CT molecular complexity index is 672. The molecule has 0 unspecified atom stereocenters. The van der Waals surface area contributed by atoms with Crippen LogP contribution in [0.5, 0.6) is 5.75 Å². The molecular formula is C18H20O3. The van der Waals surface area contributed by atoms with Crippen LogP contribution < -0.4 is 4.74 Å². The lowest BCUT2D eigenvalue weighted by Gasteiger charge is -2.16. The molecule has 0 aliphatic carbocycles. The van der Waals surface area contributed by atoms with Crippen LogP contribution in [-0.4, -0.2) is 18.2 Å². The van der Waals surface area contributed by atoms with E-state index in [4.69, 9.17) is 9.84 Å². The zero-order valence-corrected chi connectivity index (χ0v) is 12.8. The molecule has 0 aliphatic heterocycles. The maximum absolute atomic E-state index is 11.1. The van der Waals surface area contributed by atoms with E-state index in [-0.39, 0.29) is 0 Å². The number of ether oxygens (including phenoxy) is 1. The Hall–Kier alpha value is -2.29. The first kappa shape index (κ1) is 15.1. The van der Waals surface area contributed by atoms with E-state index >= 15 is 0 Å². The van der Waals surface area contributed by atoms with Crippen molar-refractivity contribution in [3.8, 4) is 16.9 Å². The summed E-state index contributed by atoms with van der Waals surface area (Å²) in [6.07, 6.45) is 0. The molecule has 0 spiro atoms. The summed E-state index contributed by atoms with van der Waals surface area (Å²) in [4.78, 5) is 11.1. The Morgan fingerprint density at radius 1 is 1.19 bits per heavy atom. The van der Waals surface area contributed by atoms with E-state index in [0.717, 1.165) is 28.0 Å². The highest BCUT2D eigenvalue weighted by Crippen LogP contribution is 2.34. The third-order valence-corrected chi connectivity index (χ3v) is 3.62. The van der Waals surface area contributed by atoms with Gasteiger partial charge in [-0.2, -0.15) is 0 Å². The number of carboxylic acid groups (broad SMARTS) is 1. The van der Waals surface area contributed by atoms with Gasteiger partial charge in [0.2, 0.25) is 0 Å². The highest BCUT2D eigenvalue weighted by Gasteiger charge is 2.13. The van der Waals surface area contributed by atoms with Crippen LogP contribution in [0.2, 0.25) is 0 Å². The molecule has 2 aromatic carbocycles. The Balaban J connectivity index is 2.61. The van der Waals surface area contributed by atoms with Gasteiger partial charge < -0.3 is 9.84 Å². The predicted molar refractivity (Wildman–Crippen MR) is 84.2 cm³/mol. The van der Waals surface area contributed by atoms with Crippen LogP contribution in [-0.2, 0) is 0 Å². The minimum atomic E-state index is -0.910. The maximum Gasteiger partial charge on any atom is 0.335 e. The smallest absolute Gasteiger partial charge is 0.335 e. The summed E-state index contributed by atoms with van der Waals surface area (Å²) in [5.41, 5.74) is 4.45. The molecule has 0 bridgehead atoms. The summed E-state index contributed by atoms with van der Waals surface area (Å²) in [5.74, 6) is 0.301. The number of hydrogen-bond donors (Lipinski definition) is 1. The molecule has 1 N–H and O–H groups in total. The Labute approximate surface area is 125 Å². The van der Waals surface area contributed by atoms with Gasteiger partial charge in [0.1, 0.15) is 5.75 Å². The quantitative estimate of drug-likeness (QED) is 0.899. The number of carboxylic acids is 1. The minimum Gasteiger partial charge on any atom is -0.496 e. The summed E-state index contributed by atoms with van der Waals surface area (Å²) in [7, 11) is 1.67. The van der Waals surface area contributed by atoms with Gasteiger partial charge in [0, 0.05) is 0 Å². The highest BCUT2D eigenvalue weighted by atomic mass is 16.5. The van der Waals surface area contributed by atoms with Crippen molar-refractivity contribution >= 4 is 5.97 Å². The Kier molecular flexibility index (Phi) is 4.32. The summed E-state index contributed by atoms with van der Waals surface area (Å²) in [5, 5.41) is 9.13. The lowest BCUT2D eigenvalue weighted by atomic mass is 9.92. The fourth-order valence-electron chi connectivity index (χ4n) is 2.46. The summed E-state index contributed by atoms with van der Waals surface area (Å²) >= 11 is 0. The number of rotatable bonds is 4. The van der Waals surface area contributed by atoms with Crippen molar-refractivity contribution in [2.75, 3.05) is 7.11 Å². The van der Waals surface area contributed by atoms with Crippen LogP contribution in [0.15, 0.2) is 36.4 Å². The molecule has 110 valence electrons. The van der Waals surface area contributed by atoms with Crippen LogP contribution >= 0.6 is 0 Å². The fraction of sp³-hybridized carbons (Fsp3) is 0.278. The molecule has 3 heteroatoms. The Morgan fingerprint density at radius 2 is 1.90 bits per heavy atom. The topological polar surface area (TPSA) is 46.5 Å². The van der Waals surface area contributed by atoms with Gasteiger partial charge in [0.15, 0.2) is 0 Å². The zero-order chi connectivity index (χ0) is 15.6. The molecule has 0 fully saturated rings.